The number of aliphatic hydroxyl groups excluding tert-OH is 1. The summed E-state index contributed by atoms with van der Waals surface area (Å²) in [5, 5.41) is 14.5. The van der Waals surface area contributed by atoms with Gasteiger partial charge in [-0.1, -0.05) is 26.0 Å². The maximum absolute atomic E-state index is 12.0. The van der Waals surface area contributed by atoms with Gasteiger partial charge in [-0.05, 0) is 25.0 Å². The molecule has 0 fully saturated rings. The van der Waals surface area contributed by atoms with E-state index in [4.69, 9.17) is 9.84 Å². The average Bonchev–Trinajstić information content (AvgIpc) is 2.50. The molecule has 0 radical (unpaired) electrons. The predicted octanol–water partition coefficient (Wildman–Crippen LogP) is 1.41. The number of esters is 1. The SMILES string of the molecule is CC(C)C(C)NC(=O)COC(=O)c1ccccc1NCCO. The summed E-state index contributed by atoms with van der Waals surface area (Å²) in [5.74, 6) is -0.591. The van der Waals surface area contributed by atoms with Crippen LogP contribution in [0.25, 0.3) is 0 Å². The summed E-state index contributed by atoms with van der Waals surface area (Å²) in [6.45, 7) is 5.87. The summed E-state index contributed by atoms with van der Waals surface area (Å²) in [6, 6.07) is 6.82. The molecule has 122 valence electrons. The van der Waals surface area contributed by atoms with Crippen molar-refractivity contribution in [2.45, 2.75) is 26.8 Å². The van der Waals surface area contributed by atoms with Crippen LogP contribution in [-0.4, -0.2) is 42.8 Å². The lowest BCUT2D eigenvalue weighted by atomic mass is 10.1. The van der Waals surface area contributed by atoms with Crippen molar-refractivity contribution in [2.24, 2.45) is 5.92 Å². The molecule has 0 saturated heterocycles. The molecule has 0 bridgehead atoms. The van der Waals surface area contributed by atoms with E-state index in [-0.39, 0.29) is 25.2 Å². The van der Waals surface area contributed by atoms with Crippen molar-refractivity contribution in [2.75, 3.05) is 25.1 Å². The van der Waals surface area contributed by atoms with Crippen LogP contribution in [-0.2, 0) is 9.53 Å². The maximum Gasteiger partial charge on any atom is 0.340 e. The highest BCUT2D eigenvalue weighted by molar-refractivity contribution is 5.96. The van der Waals surface area contributed by atoms with Gasteiger partial charge in [0.1, 0.15) is 0 Å². The Morgan fingerprint density at radius 3 is 2.55 bits per heavy atom. The number of para-hydroxylation sites is 1. The standard InChI is InChI=1S/C16H24N2O4/c1-11(2)12(3)18-15(20)10-22-16(21)13-6-4-5-7-14(13)17-8-9-19/h4-7,11-12,17,19H,8-10H2,1-3H3,(H,18,20). The monoisotopic (exact) mass is 308 g/mol. The minimum Gasteiger partial charge on any atom is -0.452 e. The van der Waals surface area contributed by atoms with Crippen LogP contribution in [0.1, 0.15) is 31.1 Å². The van der Waals surface area contributed by atoms with Crippen LogP contribution in [0.4, 0.5) is 5.69 Å². The molecular weight excluding hydrogens is 284 g/mol. The molecule has 6 heteroatoms. The van der Waals surface area contributed by atoms with Crippen molar-refractivity contribution in [3.8, 4) is 0 Å². The number of anilines is 1. The lowest BCUT2D eigenvalue weighted by molar-refractivity contribution is -0.125. The fourth-order valence-corrected chi connectivity index (χ4v) is 1.68. The molecule has 0 spiro atoms. The zero-order valence-electron chi connectivity index (χ0n) is 13.3. The number of aliphatic hydroxyl groups is 1. The van der Waals surface area contributed by atoms with Crippen LogP contribution < -0.4 is 10.6 Å². The molecule has 1 aromatic carbocycles. The number of amides is 1. The van der Waals surface area contributed by atoms with Crippen molar-refractivity contribution in [1.82, 2.24) is 5.32 Å². The van der Waals surface area contributed by atoms with E-state index in [9.17, 15) is 9.59 Å². The highest BCUT2D eigenvalue weighted by Crippen LogP contribution is 2.15. The van der Waals surface area contributed by atoms with Crippen molar-refractivity contribution in [3.05, 3.63) is 29.8 Å². The number of ether oxygens (including phenoxy) is 1. The van der Waals surface area contributed by atoms with E-state index in [1.165, 1.54) is 0 Å². The Bertz CT molecular complexity index is 503. The van der Waals surface area contributed by atoms with Gasteiger partial charge in [-0.15, -0.1) is 0 Å². The molecule has 0 heterocycles. The van der Waals surface area contributed by atoms with Crippen molar-refractivity contribution >= 4 is 17.6 Å². The Kier molecular flexibility index (Phi) is 7.39. The molecule has 0 aromatic heterocycles. The molecule has 0 aliphatic rings. The number of carbonyl (C=O) groups excluding carboxylic acids is 2. The van der Waals surface area contributed by atoms with Gasteiger partial charge < -0.3 is 20.5 Å². The zero-order chi connectivity index (χ0) is 16.5. The van der Waals surface area contributed by atoms with Crippen molar-refractivity contribution in [1.29, 1.82) is 0 Å². The number of nitrogens with one attached hydrogen (secondary N) is 2. The quantitative estimate of drug-likeness (QED) is 0.632. The van der Waals surface area contributed by atoms with E-state index in [0.717, 1.165) is 0 Å². The summed E-state index contributed by atoms with van der Waals surface area (Å²) < 4.78 is 5.04. The summed E-state index contributed by atoms with van der Waals surface area (Å²) in [4.78, 5) is 23.8. The Balaban J connectivity index is 2.57. The second-order valence-electron chi connectivity index (χ2n) is 5.37. The third-order valence-electron chi connectivity index (χ3n) is 3.30. The largest absolute Gasteiger partial charge is 0.452 e. The fourth-order valence-electron chi connectivity index (χ4n) is 1.68. The molecule has 6 nitrogen and oxygen atoms in total. The normalized spacial score (nSPS) is 11.9. The number of benzene rings is 1. The zero-order valence-corrected chi connectivity index (χ0v) is 13.3. The summed E-state index contributed by atoms with van der Waals surface area (Å²) in [6.07, 6.45) is 0. The Morgan fingerprint density at radius 2 is 1.91 bits per heavy atom. The van der Waals surface area contributed by atoms with Gasteiger partial charge >= 0.3 is 5.97 Å². The first-order valence-electron chi connectivity index (χ1n) is 7.36. The molecule has 22 heavy (non-hydrogen) atoms. The first kappa shape index (κ1) is 18.0. The van der Waals surface area contributed by atoms with Crippen LogP contribution in [0.15, 0.2) is 24.3 Å². The van der Waals surface area contributed by atoms with Gasteiger partial charge in [0.2, 0.25) is 0 Å². The molecule has 0 aliphatic heterocycles. The van der Waals surface area contributed by atoms with E-state index in [1.807, 2.05) is 20.8 Å². The minimum atomic E-state index is -0.576. The van der Waals surface area contributed by atoms with Gasteiger partial charge in [-0.25, -0.2) is 4.79 Å². The van der Waals surface area contributed by atoms with E-state index in [2.05, 4.69) is 10.6 Å². The van der Waals surface area contributed by atoms with Gasteiger partial charge in [0.15, 0.2) is 6.61 Å². The van der Waals surface area contributed by atoms with Crippen LogP contribution in [0.2, 0.25) is 0 Å². The Morgan fingerprint density at radius 1 is 1.23 bits per heavy atom. The lowest BCUT2D eigenvalue weighted by Crippen LogP contribution is -2.38. The number of hydrogen-bond donors (Lipinski definition) is 3. The predicted molar refractivity (Wildman–Crippen MR) is 84.7 cm³/mol. The second kappa shape index (κ2) is 9.04. The highest BCUT2D eigenvalue weighted by atomic mass is 16.5. The molecule has 1 aromatic rings. The third kappa shape index (κ3) is 5.73. The van der Waals surface area contributed by atoms with E-state index < -0.39 is 5.97 Å². The first-order valence-corrected chi connectivity index (χ1v) is 7.36. The second-order valence-corrected chi connectivity index (χ2v) is 5.37. The number of rotatable bonds is 8. The van der Waals surface area contributed by atoms with Gasteiger partial charge in [0.25, 0.3) is 5.91 Å². The highest BCUT2D eigenvalue weighted by Gasteiger charge is 2.15. The van der Waals surface area contributed by atoms with Crippen LogP contribution in [0.5, 0.6) is 0 Å². The van der Waals surface area contributed by atoms with Crippen molar-refractivity contribution in [3.63, 3.8) is 0 Å². The maximum atomic E-state index is 12.0. The summed E-state index contributed by atoms with van der Waals surface area (Å²) >= 11 is 0. The van der Waals surface area contributed by atoms with Gasteiger partial charge in [0, 0.05) is 18.3 Å². The van der Waals surface area contributed by atoms with E-state index >= 15 is 0 Å². The van der Waals surface area contributed by atoms with Crippen LogP contribution >= 0.6 is 0 Å². The topological polar surface area (TPSA) is 87.7 Å². The lowest BCUT2D eigenvalue weighted by Gasteiger charge is -2.17. The third-order valence-corrected chi connectivity index (χ3v) is 3.30. The van der Waals surface area contributed by atoms with Crippen LogP contribution in [0, 0.1) is 5.92 Å². The fraction of sp³-hybridized carbons (Fsp3) is 0.500. The molecule has 1 atom stereocenters. The average molecular weight is 308 g/mol. The number of hydrogen-bond acceptors (Lipinski definition) is 5. The van der Waals surface area contributed by atoms with Gasteiger partial charge in [-0.2, -0.15) is 0 Å². The molecule has 1 rings (SSSR count). The Labute approximate surface area is 130 Å². The number of carbonyl (C=O) groups is 2. The van der Waals surface area contributed by atoms with E-state index in [0.29, 0.717) is 23.7 Å². The molecular formula is C16H24N2O4. The van der Waals surface area contributed by atoms with Crippen molar-refractivity contribution < 1.29 is 19.4 Å². The smallest absolute Gasteiger partial charge is 0.340 e. The Hall–Kier alpha value is -2.08. The van der Waals surface area contributed by atoms with Gasteiger partial charge in [0.05, 0.1) is 12.2 Å². The molecule has 1 unspecified atom stereocenters. The summed E-state index contributed by atoms with van der Waals surface area (Å²) in [7, 11) is 0. The minimum absolute atomic E-state index is 0.0182. The first-order chi connectivity index (χ1) is 10.5. The molecule has 1 amide bonds. The van der Waals surface area contributed by atoms with Gasteiger partial charge in [-0.3, -0.25) is 4.79 Å². The van der Waals surface area contributed by atoms with E-state index in [1.54, 1.807) is 24.3 Å². The molecule has 0 saturated carbocycles. The summed E-state index contributed by atoms with van der Waals surface area (Å²) in [5.41, 5.74) is 0.901. The molecule has 3 N–H and O–H groups in total. The van der Waals surface area contributed by atoms with Crippen LogP contribution in [0.3, 0.4) is 0 Å². The molecule has 0 aliphatic carbocycles.